The zero-order chi connectivity index (χ0) is 22.7. The molecule has 172 valence electrons. The van der Waals surface area contributed by atoms with Crippen molar-refractivity contribution in [2.45, 2.75) is 69.0 Å². The van der Waals surface area contributed by atoms with Gasteiger partial charge in [0, 0.05) is 24.2 Å². The highest BCUT2D eigenvalue weighted by Crippen LogP contribution is 2.32. The predicted molar refractivity (Wildman–Crippen MR) is 124 cm³/mol. The van der Waals surface area contributed by atoms with Gasteiger partial charge in [-0.15, -0.1) is 0 Å². The van der Waals surface area contributed by atoms with Crippen LogP contribution in [0.2, 0.25) is 0 Å². The average molecular weight is 457 g/mol. The molecule has 2 aromatic carbocycles. The zero-order valence-electron chi connectivity index (χ0n) is 18.8. The van der Waals surface area contributed by atoms with E-state index >= 15 is 0 Å². The molecule has 32 heavy (non-hydrogen) atoms. The summed E-state index contributed by atoms with van der Waals surface area (Å²) >= 11 is 0. The molecule has 2 aliphatic rings. The van der Waals surface area contributed by atoms with Crippen LogP contribution >= 0.6 is 0 Å². The van der Waals surface area contributed by atoms with Crippen LogP contribution in [0.25, 0.3) is 0 Å². The predicted octanol–water partition coefficient (Wildman–Crippen LogP) is 4.36. The number of hydrogen-bond acceptors (Lipinski definition) is 4. The minimum atomic E-state index is -3.83. The van der Waals surface area contributed by atoms with Crippen molar-refractivity contribution in [1.29, 1.82) is 0 Å². The van der Waals surface area contributed by atoms with Crippen LogP contribution in [0.4, 0.5) is 0 Å². The quantitative estimate of drug-likeness (QED) is 0.641. The number of methoxy groups -OCH3 is 1. The summed E-state index contributed by atoms with van der Waals surface area (Å²) in [5.41, 5.74) is 1.42. The van der Waals surface area contributed by atoms with E-state index in [1.165, 1.54) is 13.2 Å². The van der Waals surface area contributed by atoms with Crippen LogP contribution < -0.4 is 9.46 Å². The van der Waals surface area contributed by atoms with E-state index in [4.69, 9.17) is 4.74 Å². The minimum Gasteiger partial charge on any atom is -0.495 e. The van der Waals surface area contributed by atoms with Gasteiger partial charge in [0.15, 0.2) is 0 Å². The maximum atomic E-state index is 13.4. The molecule has 2 unspecified atom stereocenters. The number of sulfonamides is 1. The lowest BCUT2D eigenvalue weighted by molar-refractivity contribution is 0.0729. The first-order valence-electron chi connectivity index (χ1n) is 11.4. The normalized spacial score (nSPS) is 21.2. The van der Waals surface area contributed by atoms with Crippen molar-refractivity contribution in [3.8, 4) is 5.75 Å². The third-order valence-electron chi connectivity index (χ3n) is 6.56. The van der Waals surface area contributed by atoms with E-state index in [2.05, 4.69) is 11.6 Å². The van der Waals surface area contributed by atoms with Gasteiger partial charge in [0.1, 0.15) is 10.6 Å². The highest BCUT2D eigenvalue weighted by Gasteiger charge is 2.34. The second kappa shape index (κ2) is 9.63. The van der Waals surface area contributed by atoms with Crippen LogP contribution in [-0.2, 0) is 16.6 Å². The Morgan fingerprint density at radius 1 is 1.06 bits per heavy atom. The molecule has 0 aromatic heterocycles. The van der Waals surface area contributed by atoms with Gasteiger partial charge in [0.05, 0.1) is 7.11 Å². The van der Waals surface area contributed by atoms with Crippen molar-refractivity contribution < 1.29 is 17.9 Å². The molecule has 0 spiro atoms. The van der Waals surface area contributed by atoms with Gasteiger partial charge >= 0.3 is 0 Å². The molecule has 2 atom stereocenters. The van der Waals surface area contributed by atoms with Crippen LogP contribution in [0.15, 0.2) is 53.4 Å². The number of ether oxygens (including phenoxy) is 1. The topological polar surface area (TPSA) is 75.7 Å². The first-order chi connectivity index (χ1) is 15.4. The molecule has 0 aliphatic heterocycles. The van der Waals surface area contributed by atoms with E-state index in [1.807, 2.05) is 35.2 Å². The summed E-state index contributed by atoms with van der Waals surface area (Å²) in [4.78, 5) is 15.3. The number of nitrogens with zero attached hydrogens (tertiary/aromatic N) is 1. The number of carbonyl (C=O) groups is 1. The Labute approximate surface area is 191 Å². The Balaban J connectivity index is 1.61. The highest BCUT2D eigenvalue weighted by molar-refractivity contribution is 7.89. The lowest BCUT2D eigenvalue weighted by Gasteiger charge is -2.29. The number of rotatable bonds is 8. The van der Waals surface area contributed by atoms with Crippen LogP contribution in [-0.4, -0.2) is 38.4 Å². The van der Waals surface area contributed by atoms with Crippen molar-refractivity contribution in [1.82, 2.24) is 9.62 Å². The maximum absolute atomic E-state index is 13.4. The Bertz CT molecular complexity index is 1050. The fraction of sp³-hybridized carbons (Fsp3) is 0.480. The summed E-state index contributed by atoms with van der Waals surface area (Å²) in [5.74, 6) is 0.380. The monoisotopic (exact) mass is 456 g/mol. The van der Waals surface area contributed by atoms with Crippen molar-refractivity contribution in [2.24, 2.45) is 5.92 Å². The van der Waals surface area contributed by atoms with E-state index in [0.29, 0.717) is 12.1 Å². The molecule has 4 rings (SSSR count). The zero-order valence-corrected chi connectivity index (χ0v) is 19.6. The number of nitrogens with one attached hydrogen (secondary N) is 1. The van der Waals surface area contributed by atoms with E-state index < -0.39 is 10.0 Å². The second-order valence-electron chi connectivity index (χ2n) is 9.00. The Morgan fingerprint density at radius 2 is 1.78 bits per heavy atom. The van der Waals surface area contributed by atoms with E-state index in [0.717, 1.165) is 44.1 Å². The summed E-state index contributed by atoms with van der Waals surface area (Å²) in [7, 11) is -2.38. The fourth-order valence-electron chi connectivity index (χ4n) is 4.47. The summed E-state index contributed by atoms with van der Waals surface area (Å²) in [5, 5.41) is 0. The van der Waals surface area contributed by atoms with E-state index in [-0.39, 0.29) is 34.6 Å². The molecule has 0 heterocycles. The number of hydrogen-bond donors (Lipinski definition) is 1. The van der Waals surface area contributed by atoms with E-state index in [1.54, 1.807) is 12.1 Å². The first kappa shape index (κ1) is 22.8. The molecule has 0 saturated heterocycles. The molecular weight excluding hydrogens is 424 g/mol. The van der Waals surface area contributed by atoms with Crippen molar-refractivity contribution in [3.05, 3.63) is 59.7 Å². The van der Waals surface area contributed by atoms with Crippen molar-refractivity contribution >= 4 is 15.9 Å². The summed E-state index contributed by atoms with van der Waals surface area (Å²) < 4.78 is 34.8. The summed E-state index contributed by atoms with van der Waals surface area (Å²) in [6.07, 6.45) is 5.93. The summed E-state index contributed by atoms with van der Waals surface area (Å²) in [6.45, 7) is 2.59. The molecule has 1 amide bonds. The SMILES string of the molecule is COc1ccc(C(=O)N(Cc2ccccc2)C2CC2)cc1S(=O)(=O)NC1CCCCC1C. The van der Waals surface area contributed by atoms with Crippen molar-refractivity contribution in [3.63, 3.8) is 0 Å². The average Bonchev–Trinajstić information content (AvgIpc) is 3.64. The molecule has 7 heteroatoms. The summed E-state index contributed by atoms with van der Waals surface area (Å²) in [6, 6.07) is 14.7. The third-order valence-corrected chi connectivity index (χ3v) is 8.07. The molecule has 6 nitrogen and oxygen atoms in total. The number of amides is 1. The Morgan fingerprint density at radius 3 is 2.44 bits per heavy atom. The van der Waals surface area contributed by atoms with Gasteiger partial charge in [0.2, 0.25) is 10.0 Å². The van der Waals surface area contributed by atoms with Crippen LogP contribution in [0, 0.1) is 5.92 Å². The van der Waals surface area contributed by atoms with Gasteiger partial charge in [0.25, 0.3) is 5.91 Å². The number of carbonyl (C=O) groups excluding carboxylic acids is 1. The largest absolute Gasteiger partial charge is 0.495 e. The van der Waals surface area contributed by atoms with Crippen LogP contribution in [0.1, 0.15) is 61.4 Å². The first-order valence-corrected chi connectivity index (χ1v) is 12.9. The van der Waals surface area contributed by atoms with Crippen LogP contribution in [0.5, 0.6) is 5.75 Å². The molecular formula is C25H32N2O4S. The molecule has 2 aliphatic carbocycles. The molecule has 0 bridgehead atoms. The second-order valence-corrected chi connectivity index (χ2v) is 10.7. The maximum Gasteiger partial charge on any atom is 0.254 e. The van der Waals surface area contributed by atoms with Gasteiger partial charge in [-0.05, 0) is 55.4 Å². The van der Waals surface area contributed by atoms with E-state index in [9.17, 15) is 13.2 Å². The fourth-order valence-corrected chi connectivity index (χ4v) is 6.05. The molecule has 2 saturated carbocycles. The van der Waals surface area contributed by atoms with Gasteiger partial charge in [-0.1, -0.05) is 50.1 Å². The minimum absolute atomic E-state index is 0.0269. The molecule has 0 radical (unpaired) electrons. The Kier molecular flexibility index (Phi) is 6.86. The third kappa shape index (κ3) is 5.15. The van der Waals surface area contributed by atoms with Gasteiger partial charge in [-0.2, -0.15) is 0 Å². The standard InChI is InChI=1S/C25H32N2O4S/c1-18-8-6-7-11-22(18)26-32(29,30)24-16-20(12-15-23(24)31-2)25(28)27(21-13-14-21)17-19-9-4-3-5-10-19/h3-5,9-10,12,15-16,18,21-22,26H,6-8,11,13-14,17H2,1-2H3. The molecule has 2 aromatic rings. The van der Waals surface area contributed by atoms with Gasteiger partial charge in [-0.3, -0.25) is 4.79 Å². The van der Waals surface area contributed by atoms with Crippen molar-refractivity contribution in [2.75, 3.05) is 7.11 Å². The van der Waals surface area contributed by atoms with Gasteiger partial charge < -0.3 is 9.64 Å². The smallest absolute Gasteiger partial charge is 0.254 e. The van der Waals surface area contributed by atoms with Crippen LogP contribution in [0.3, 0.4) is 0 Å². The van der Waals surface area contributed by atoms with Gasteiger partial charge in [-0.25, -0.2) is 13.1 Å². The molecule has 1 N–H and O–H groups in total. The highest BCUT2D eigenvalue weighted by atomic mass is 32.2. The number of benzene rings is 2. The lowest BCUT2D eigenvalue weighted by Crippen LogP contribution is -2.41. The molecule has 2 fully saturated rings. The Hall–Kier alpha value is -2.38. The lowest BCUT2D eigenvalue weighted by atomic mass is 9.87.